The third kappa shape index (κ3) is 4.91. The minimum absolute atomic E-state index is 0.146. The zero-order chi connectivity index (χ0) is 20.9. The molecular weight excluding hydrogens is 398 g/mol. The highest BCUT2D eigenvalue weighted by Crippen LogP contribution is 2.22. The fourth-order valence-electron chi connectivity index (χ4n) is 4.24. The first kappa shape index (κ1) is 21.0. The molecule has 2 aliphatic rings. The summed E-state index contributed by atoms with van der Waals surface area (Å²) in [6.45, 7) is 6.91. The van der Waals surface area contributed by atoms with Gasteiger partial charge in [0.1, 0.15) is 0 Å². The number of nitrogens with zero attached hydrogens (tertiary/aromatic N) is 3. The molecule has 0 atom stereocenters. The molecule has 30 heavy (non-hydrogen) atoms. The van der Waals surface area contributed by atoms with Crippen LogP contribution < -0.4 is 0 Å². The third-order valence-corrected chi connectivity index (χ3v) is 6.27. The van der Waals surface area contributed by atoms with Crippen molar-refractivity contribution in [3.63, 3.8) is 0 Å². The molecule has 1 saturated heterocycles. The highest BCUT2D eigenvalue weighted by atomic mass is 35.5. The quantitative estimate of drug-likeness (QED) is 0.475. The Bertz CT molecular complexity index is 857. The minimum Gasteiger partial charge on any atom is -0.301 e. The van der Waals surface area contributed by atoms with Crippen LogP contribution in [0.5, 0.6) is 0 Å². The second-order valence-electron chi connectivity index (χ2n) is 8.11. The number of halogens is 1. The lowest BCUT2D eigenvalue weighted by Gasteiger charge is -2.34. The fraction of sp³-hybridized carbons (Fsp3) is 0.417. The van der Waals surface area contributed by atoms with E-state index in [1.165, 1.54) is 10.5 Å². The molecule has 1 fully saturated rings. The van der Waals surface area contributed by atoms with Crippen molar-refractivity contribution >= 4 is 23.4 Å². The summed E-state index contributed by atoms with van der Waals surface area (Å²) in [4.78, 5) is 31.2. The van der Waals surface area contributed by atoms with E-state index in [9.17, 15) is 9.59 Å². The molecule has 0 radical (unpaired) electrons. The summed E-state index contributed by atoms with van der Waals surface area (Å²) in [6.07, 6.45) is 2.99. The molecule has 0 spiro atoms. The first-order valence-corrected chi connectivity index (χ1v) is 11.1. The van der Waals surface area contributed by atoms with Crippen molar-refractivity contribution in [1.82, 2.24) is 14.7 Å². The Labute approximate surface area is 183 Å². The molecule has 4 rings (SSSR count). The SMILES string of the molecule is O=C1c2ccccc2C(=O)N1CCCCCN1CCN(Cc2ccc(Cl)cc2)CC1. The average Bonchev–Trinajstić information content (AvgIpc) is 3.01. The van der Waals surface area contributed by atoms with Gasteiger partial charge in [-0.3, -0.25) is 19.4 Å². The number of hydrogen-bond donors (Lipinski definition) is 0. The van der Waals surface area contributed by atoms with Gasteiger partial charge < -0.3 is 4.90 Å². The first-order valence-electron chi connectivity index (χ1n) is 10.8. The van der Waals surface area contributed by atoms with Crippen LogP contribution in [0.4, 0.5) is 0 Å². The molecule has 2 aliphatic heterocycles. The molecule has 5 nitrogen and oxygen atoms in total. The van der Waals surface area contributed by atoms with E-state index >= 15 is 0 Å². The van der Waals surface area contributed by atoms with E-state index in [0.29, 0.717) is 17.7 Å². The first-order chi connectivity index (χ1) is 14.6. The van der Waals surface area contributed by atoms with Gasteiger partial charge in [0.25, 0.3) is 11.8 Å². The van der Waals surface area contributed by atoms with Gasteiger partial charge >= 0.3 is 0 Å². The van der Waals surface area contributed by atoms with Crippen LogP contribution >= 0.6 is 11.6 Å². The summed E-state index contributed by atoms with van der Waals surface area (Å²) in [5.41, 5.74) is 2.39. The maximum atomic E-state index is 12.4. The summed E-state index contributed by atoms with van der Waals surface area (Å²) in [6, 6.07) is 15.2. The largest absolute Gasteiger partial charge is 0.301 e. The zero-order valence-electron chi connectivity index (χ0n) is 17.2. The van der Waals surface area contributed by atoms with Gasteiger partial charge in [-0.1, -0.05) is 42.3 Å². The van der Waals surface area contributed by atoms with Crippen LogP contribution in [-0.4, -0.2) is 65.8 Å². The lowest BCUT2D eigenvalue weighted by Crippen LogP contribution is -2.46. The number of carbonyl (C=O) groups is 2. The predicted molar refractivity (Wildman–Crippen MR) is 119 cm³/mol. The number of fused-ring (bicyclic) bond motifs is 1. The van der Waals surface area contributed by atoms with Gasteiger partial charge in [0.05, 0.1) is 11.1 Å². The van der Waals surface area contributed by atoms with E-state index in [1.807, 2.05) is 24.3 Å². The smallest absolute Gasteiger partial charge is 0.261 e. The number of piperazine rings is 1. The molecular formula is C24H28ClN3O2. The van der Waals surface area contributed by atoms with E-state index in [1.54, 1.807) is 12.1 Å². The van der Waals surface area contributed by atoms with Gasteiger partial charge in [-0.2, -0.15) is 0 Å². The number of carbonyl (C=O) groups excluding carboxylic acids is 2. The van der Waals surface area contributed by atoms with Crippen molar-refractivity contribution in [2.24, 2.45) is 0 Å². The highest BCUT2D eigenvalue weighted by Gasteiger charge is 2.34. The van der Waals surface area contributed by atoms with Crippen molar-refractivity contribution in [2.45, 2.75) is 25.8 Å². The Balaban J connectivity index is 1.12. The molecule has 0 bridgehead atoms. The molecule has 2 heterocycles. The highest BCUT2D eigenvalue weighted by molar-refractivity contribution is 6.30. The average molecular weight is 426 g/mol. The van der Waals surface area contributed by atoms with E-state index < -0.39 is 0 Å². The molecule has 2 amide bonds. The maximum absolute atomic E-state index is 12.4. The number of benzene rings is 2. The van der Waals surface area contributed by atoms with Crippen LogP contribution in [0.15, 0.2) is 48.5 Å². The Morgan fingerprint density at radius 2 is 1.27 bits per heavy atom. The minimum atomic E-state index is -0.146. The normalized spacial score (nSPS) is 17.6. The van der Waals surface area contributed by atoms with E-state index in [-0.39, 0.29) is 11.8 Å². The number of rotatable bonds is 8. The van der Waals surface area contributed by atoms with Gasteiger partial charge in [-0.25, -0.2) is 0 Å². The Hall–Kier alpha value is -2.21. The number of imide groups is 1. The Morgan fingerprint density at radius 3 is 1.90 bits per heavy atom. The van der Waals surface area contributed by atoms with Crippen LogP contribution in [0.25, 0.3) is 0 Å². The van der Waals surface area contributed by atoms with Crippen molar-refractivity contribution in [3.05, 3.63) is 70.2 Å². The Morgan fingerprint density at radius 1 is 0.700 bits per heavy atom. The molecule has 0 aromatic heterocycles. The molecule has 0 saturated carbocycles. The van der Waals surface area contributed by atoms with Crippen molar-refractivity contribution in [2.75, 3.05) is 39.3 Å². The molecule has 6 heteroatoms. The third-order valence-electron chi connectivity index (χ3n) is 6.02. The van der Waals surface area contributed by atoms with Crippen LogP contribution in [0.1, 0.15) is 45.5 Å². The predicted octanol–water partition coefficient (Wildman–Crippen LogP) is 3.92. The summed E-state index contributed by atoms with van der Waals surface area (Å²) in [5, 5.41) is 0.784. The summed E-state index contributed by atoms with van der Waals surface area (Å²) < 4.78 is 0. The molecule has 2 aromatic carbocycles. The zero-order valence-corrected chi connectivity index (χ0v) is 18.0. The lowest BCUT2D eigenvalue weighted by molar-refractivity contribution is 0.0650. The van der Waals surface area contributed by atoms with E-state index in [4.69, 9.17) is 11.6 Å². The van der Waals surface area contributed by atoms with Crippen LogP contribution in [0.3, 0.4) is 0 Å². The second-order valence-corrected chi connectivity index (χ2v) is 8.55. The van der Waals surface area contributed by atoms with Gasteiger partial charge in [-0.05, 0) is 49.2 Å². The van der Waals surface area contributed by atoms with E-state index in [2.05, 4.69) is 21.9 Å². The van der Waals surface area contributed by atoms with Gasteiger partial charge in [-0.15, -0.1) is 0 Å². The maximum Gasteiger partial charge on any atom is 0.261 e. The van der Waals surface area contributed by atoms with Crippen LogP contribution in [0.2, 0.25) is 5.02 Å². The molecule has 158 valence electrons. The standard InChI is InChI=1S/C24H28ClN3O2/c25-20-10-8-19(9-11-20)18-27-16-14-26(15-17-27)12-4-1-5-13-28-23(29)21-6-2-3-7-22(21)24(28)30/h2-3,6-11H,1,4-5,12-18H2. The van der Waals surface area contributed by atoms with Gasteiger partial charge in [0.2, 0.25) is 0 Å². The van der Waals surface area contributed by atoms with E-state index in [0.717, 1.165) is 63.6 Å². The molecule has 2 aromatic rings. The Kier molecular flexibility index (Phi) is 6.82. The fourth-order valence-corrected chi connectivity index (χ4v) is 4.37. The van der Waals surface area contributed by atoms with Crippen molar-refractivity contribution < 1.29 is 9.59 Å². The number of unbranched alkanes of at least 4 members (excludes halogenated alkanes) is 2. The molecule has 0 aliphatic carbocycles. The van der Waals surface area contributed by atoms with Gasteiger partial charge in [0.15, 0.2) is 0 Å². The number of hydrogen-bond acceptors (Lipinski definition) is 4. The summed E-state index contributed by atoms with van der Waals surface area (Å²) >= 11 is 5.96. The van der Waals surface area contributed by atoms with Crippen molar-refractivity contribution in [1.29, 1.82) is 0 Å². The summed E-state index contributed by atoms with van der Waals surface area (Å²) in [5.74, 6) is -0.292. The summed E-state index contributed by atoms with van der Waals surface area (Å²) in [7, 11) is 0. The van der Waals surface area contributed by atoms with Crippen LogP contribution in [-0.2, 0) is 6.54 Å². The topological polar surface area (TPSA) is 43.9 Å². The van der Waals surface area contributed by atoms with Gasteiger partial charge in [0, 0.05) is 44.3 Å². The monoisotopic (exact) mass is 425 g/mol. The second kappa shape index (κ2) is 9.73. The van der Waals surface area contributed by atoms with Crippen LogP contribution in [0, 0.1) is 0 Å². The van der Waals surface area contributed by atoms with Crippen molar-refractivity contribution in [3.8, 4) is 0 Å². The molecule has 0 N–H and O–H groups in total. The number of amides is 2. The molecule has 0 unspecified atom stereocenters. The lowest BCUT2D eigenvalue weighted by atomic mass is 10.1.